The SMILES string of the molecule is Cc1cnc(C(=O)O)c([N+](=O)[O-])c1. The second kappa shape index (κ2) is 3.18. The Morgan fingerprint density at radius 1 is 1.69 bits per heavy atom. The van der Waals surface area contributed by atoms with Gasteiger partial charge < -0.3 is 5.11 Å². The molecule has 1 aromatic heterocycles. The highest BCUT2D eigenvalue weighted by Crippen LogP contribution is 2.16. The van der Waals surface area contributed by atoms with Gasteiger partial charge in [-0.15, -0.1) is 0 Å². The van der Waals surface area contributed by atoms with E-state index in [-0.39, 0.29) is 0 Å². The predicted molar refractivity (Wildman–Crippen MR) is 42.6 cm³/mol. The van der Waals surface area contributed by atoms with Gasteiger partial charge in [-0.25, -0.2) is 9.78 Å². The summed E-state index contributed by atoms with van der Waals surface area (Å²) < 4.78 is 0. The molecule has 0 fully saturated rings. The van der Waals surface area contributed by atoms with Gasteiger partial charge in [-0.05, 0) is 12.5 Å². The van der Waals surface area contributed by atoms with Gasteiger partial charge in [-0.3, -0.25) is 10.1 Å². The molecule has 0 aliphatic heterocycles. The first-order valence-electron chi connectivity index (χ1n) is 3.36. The Morgan fingerprint density at radius 3 is 2.77 bits per heavy atom. The lowest BCUT2D eigenvalue weighted by Crippen LogP contribution is -2.05. The zero-order valence-electron chi connectivity index (χ0n) is 6.72. The number of nitro groups is 1. The lowest BCUT2D eigenvalue weighted by atomic mass is 10.2. The average molecular weight is 182 g/mol. The summed E-state index contributed by atoms with van der Waals surface area (Å²) in [6, 6.07) is 1.18. The number of rotatable bonds is 2. The molecule has 0 bridgehead atoms. The van der Waals surface area contributed by atoms with Gasteiger partial charge >= 0.3 is 11.7 Å². The van der Waals surface area contributed by atoms with Crippen LogP contribution in [-0.4, -0.2) is 21.0 Å². The molecule has 0 aliphatic rings. The van der Waals surface area contributed by atoms with Gasteiger partial charge in [0.2, 0.25) is 5.69 Å². The summed E-state index contributed by atoms with van der Waals surface area (Å²) in [5, 5.41) is 18.9. The molecule has 0 saturated carbocycles. The van der Waals surface area contributed by atoms with Crippen LogP contribution in [-0.2, 0) is 0 Å². The number of aromatic nitrogens is 1. The number of carboxylic acids is 1. The largest absolute Gasteiger partial charge is 0.476 e. The summed E-state index contributed by atoms with van der Waals surface area (Å²) in [5.74, 6) is -1.40. The summed E-state index contributed by atoms with van der Waals surface area (Å²) in [5.41, 5.74) is -0.459. The van der Waals surface area contributed by atoms with Crippen molar-refractivity contribution in [1.29, 1.82) is 0 Å². The molecule has 0 saturated heterocycles. The van der Waals surface area contributed by atoms with Crippen molar-refractivity contribution < 1.29 is 14.8 Å². The molecule has 1 heterocycles. The van der Waals surface area contributed by atoms with E-state index in [9.17, 15) is 14.9 Å². The minimum absolute atomic E-state index is 0.479. The van der Waals surface area contributed by atoms with Crippen LogP contribution >= 0.6 is 0 Å². The second-order valence-electron chi connectivity index (χ2n) is 2.44. The molecule has 1 N–H and O–H groups in total. The van der Waals surface area contributed by atoms with E-state index in [0.29, 0.717) is 5.56 Å². The van der Waals surface area contributed by atoms with Crippen LogP contribution in [0.5, 0.6) is 0 Å². The van der Waals surface area contributed by atoms with Crippen LogP contribution in [0.2, 0.25) is 0 Å². The quantitative estimate of drug-likeness (QED) is 0.543. The van der Waals surface area contributed by atoms with E-state index in [1.807, 2.05) is 0 Å². The summed E-state index contributed by atoms with van der Waals surface area (Å²) in [6.07, 6.45) is 1.27. The molecule has 0 aromatic carbocycles. The maximum absolute atomic E-state index is 10.5. The minimum atomic E-state index is -1.40. The maximum atomic E-state index is 10.5. The maximum Gasteiger partial charge on any atom is 0.361 e. The van der Waals surface area contributed by atoms with Crippen molar-refractivity contribution in [3.05, 3.63) is 33.6 Å². The van der Waals surface area contributed by atoms with E-state index >= 15 is 0 Å². The Hall–Kier alpha value is -1.98. The number of pyridine rings is 1. The molecular formula is C7H6N2O4. The van der Waals surface area contributed by atoms with Crippen molar-refractivity contribution in [3.63, 3.8) is 0 Å². The van der Waals surface area contributed by atoms with E-state index in [1.54, 1.807) is 6.92 Å². The second-order valence-corrected chi connectivity index (χ2v) is 2.44. The van der Waals surface area contributed by atoms with Gasteiger partial charge in [0.25, 0.3) is 0 Å². The number of hydrogen-bond donors (Lipinski definition) is 1. The van der Waals surface area contributed by atoms with Crippen LogP contribution in [0.4, 0.5) is 5.69 Å². The molecule has 1 rings (SSSR count). The van der Waals surface area contributed by atoms with Gasteiger partial charge in [-0.2, -0.15) is 0 Å². The predicted octanol–water partition coefficient (Wildman–Crippen LogP) is 0.996. The molecule has 13 heavy (non-hydrogen) atoms. The first-order chi connectivity index (χ1) is 6.02. The fourth-order valence-electron chi connectivity index (χ4n) is 0.858. The first-order valence-corrected chi connectivity index (χ1v) is 3.36. The van der Waals surface area contributed by atoms with E-state index in [4.69, 9.17) is 5.11 Å². The van der Waals surface area contributed by atoms with Crippen LogP contribution in [0.25, 0.3) is 0 Å². The fraction of sp³-hybridized carbons (Fsp3) is 0.143. The summed E-state index contributed by atoms with van der Waals surface area (Å²) in [6.45, 7) is 1.60. The Balaban J connectivity index is 3.35. The molecule has 1 aromatic rings. The van der Waals surface area contributed by atoms with Crippen LogP contribution in [0.1, 0.15) is 16.1 Å². The van der Waals surface area contributed by atoms with Crippen LogP contribution in [0, 0.1) is 17.0 Å². The normalized spacial score (nSPS) is 9.62. The fourth-order valence-corrected chi connectivity index (χ4v) is 0.858. The van der Waals surface area contributed by atoms with Crippen molar-refractivity contribution in [1.82, 2.24) is 4.98 Å². The topological polar surface area (TPSA) is 93.3 Å². The number of aryl methyl sites for hydroxylation is 1. The van der Waals surface area contributed by atoms with Gasteiger partial charge in [0.1, 0.15) is 0 Å². The van der Waals surface area contributed by atoms with Gasteiger partial charge in [-0.1, -0.05) is 0 Å². The zero-order valence-corrected chi connectivity index (χ0v) is 6.72. The van der Waals surface area contributed by atoms with Crippen LogP contribution in [0.3, 0.4) is 0 Å². The van der Waals surface area contributed by atoms with E-state index < -0.39 is 22.3 Å². The molecule has 0 aliphatic carbocycles. The summed E-state index contributed by atoms with van der Waals surface area (Å²) >= 11 is 0. The molecule has 6 heteroatoms. The van der Waals surface area contributed by atoms with Gasteiger partial charge in [0, 0.05) is 12.3 Å². The molecular weight excluding hydrogens is 176 g/mol. The zero-order chi connectivity index (χ0) is 10.0. The third kappa shape index (κ3) is 1.78. The van der Waals surface area contributed by atoms with Crippen molar-refractivity contribution in [2.24, 2.45) is 0 Å². The monoisotopic (exact) mass is 182 g/mol. The molecule has 0 unspecified atom stereocenters. The van der Waals surface area contributed by atoms with E-state index in [1.165, 1.54) is 12.3 Å². The van der Waals surface area contributed by atoms with Crippen molar-refractivity contribution in [2.45, 2.75) is 6.92 Å². The lowest BCUT2D eigenvalue weighted by molar-refractivity contribution is -0.385. The van der Waals surface area contributed by atoms with Crippen molar-refractivity contribution in [3.8, 4) is 0 Å². The average Bonchev–Trinajstić information content (AvgIpc) is 2.03. The Bertz CT molecular complexity index is 375. The molecule has 6 nitrogen and oxygen atoms in total. The number of carbonyl (C=O) groups is 1. The highest BCUT2D eigenvalue weighted by Gasteiger charge is 2.20. The van der Waals surface area contributed by atoms with E-state index in [0.717, 1.165) is 0 Å². The number of hydrogen-bond acceptors (Lipinski definition) is 4. The number of carboxylic acid groups (broad SMARTS) is 1. The first kappa shape index (κ1) is 9.11. The van der Waals surface area contributed by atoms with Crippen molar-refractivity contribution in [2.75, 3.05) is 0 Å². The van der Waals surface area contributed by atoms with Gasteiger partial charge in [0.05, 0.1) is 4.92 Å². The van der Waals surface area contributed by atoms with Crippen LogP contribution in [0.15, 0.2) is 12.3 Å². The van der Waals surface area contributed by atoms with Crippen LogP contribution < -0.4 is 0 Å². The molecule has 0 amide bonds. The highest BCUT2D eigenvalue weighted by atomic mass is 16.6. The van der Waals surface area contributed by atoms with Crippen molar-refractivity contribution >= 4 is 11.7 Å². The van der Waals surface area contributed by atoms with Gasteiger partial charge in [0.15, 0.2) is 0 Å². The number of aromatic carboxylic acids is 1. The summed E-state index contributed by atoms with van der Waals surface area (Å²) in [7, 11) is 0. The molecule has 0 radical (unpaired) electrons. The Labute approximate surface area is 73.0 Å². The third-order valence-corrected chi connectivity index (χ3v) is 1.40. The summed E-state index contributed by atoms with van der Waals surface area (Å²) in [4.78, 5) is 23.5. The Kier molecular flexibility index (Phi) is 2.23. The third-order valence-electron chi connectivity index (χ3n) is 1.40. The lowest BCUT2D eigenvalue weighted by Gasteiger charge is -1.97. The number of nitrogens with zero attached hydrogens (tertiary/aromatic N) is 2. The minimum Gasteiger partial charge on any atom is -0.476 e. The molecule has 0 spiro atoms. The highest BCUT2D eigenvalue weighted by molar-refractivity contribution is 5.89. The smallest absolute Gasteiger partial charge is 0.361 e. The van der Waals surface area contributed by atoms with E-state index in [2.05, 4.69) is 4.98 Å². The Morgan fingerprint density at radius 2 is 2.31 bits per heavy atom. The molecule has 68 valence electrons. The standard InChI is InChI=1S/C7H6N2O4/c1-4-2-5(9(12)13)6(7(10)11)8-3-4/h2-3H,1H3,(H,10,11). The molecule has 0 atom stereocenters.